The number of aliphatic hydroxyl groups is 1. The Hall–Kier alpha value is -2.86. The molecule has 1 aliphatic rings. The van der Waals surface area contributed by atoms with Gasteiger partial charge in [0.25, 0.3) is 0 Å². The molecule has 0 saturated heterocycles. The van der Waals surface area contributed by atoms with Gasteiger partial charge in [-0.05, 0) is 36.6 Å². The Balaban J connectivity index is 2.12. The lowest BCUT2D eigenvalue weighted by molar-refractivity contribution is 0.0973. The van der Waals surface area contributed by atoms with Crippen molar-refractivity contribution in [3.8, 4) is 17.2 Å². The molecule has 6 heteroatoms. The first-order valence-corrected chi connectivity index (χ1v) is 8.02. The maximum absolute atomic E-state index is 12.7. The van der Waals surface area contributed by atoms with Gasteiger partial charge >= 0.3 is 0 Å². The van der Waals surface area contributed by atoms with E-state index in [1.807, 2.05) is 6.92 Å². The van der Waals surface area contributed by atoms with Crippen molar-refractivity contribution in [2.75, 3.05) is 0 Å². The summed E-state index contributed by atoms with van der Waals surface area (Å²) in [5.74, 6) is -2.47. The van der Waals surface area contributed by atoms with Gasteiger partial charge in [0.2, 0.25) is 5.78 Å². The molecule has 0 saturated carbocycles. The van der Waals surface area contributed by atoms with Crippen molar-refractivity contribution < 1.29 is 30.0 Å². The summed E-state index contributed by atoms with van der Waals surface area (Å²) in [5, 5.41) is 39.7. The standard InChI is InChI=1S/C19H18O6/c1-2-3-10(20)4-9-5-12-16(14(22)6-9)19(25)17-13(18(12)24)7-11(21)8-15(17)23/h5-8,10,20-23H,2-4H2,1H3/t10-/m0/s1. The molecule has 25 heavy (non-hydrogen) atoms. The zero-order valence-corrected chi connectivity index (χ0v) is 13.6. The van der Waals surface area contributed by atoms with E-state index in [1.54, 1.807) is 0 Å². The highest BCUT2D eigenvalue weighted by Crippen LogP contribution is 2.39. The van der Waals surface area contributed by atoms with Crippen molar-refractivity contribution in [1.29, 1.82) is 0 Å². The minimum absolute atomic E-state index is 0.00111. The van der Waals surface area contributed by atoms with Crippen molar-refractivity contribution in [3.05, 3.63) is 52.1 Å². The summed E-state index contributed by atoms with van der Waals surface area (Å²) in [5.41, 5.74) is 0.0182. The van der Waals surface area contributed by atoms with Crippen LogP contribution in [0.25, 0.3) is 0 Å². The first-order valence-electron chi connectivity index (χ1n) is 8.02. The molecule has 0 aliphatic heterocycles. The molecule has 0 aromatic heterocycles. The second-order valence-corrected chi connectivity index (χ2v) is 6.23. The fourth-order valence-corrected chi connectivity index (χ4v) is 3.23. The highest BCUT2D eigenvalue weighted by atomic mass is 16.3. The van der Waals surface area contributed by atoms with Crippen LogP contribution in [0, 0.1) is 0 Å². The molecule has 0 radical (unpaired) electrons. The third-order valence-corrected chi connectivity index (χ3v) is 4.32. The number of fused-ring (bicyclic) bond motifs is 2. The highest BCUT2D eigenvalue weighted by molar-refractivity contribution is 6.30. The molecule has 2 aromatic rings. The molecule has 1 atom stereocenters. The summed E-state index contributed by atoms with van der Waals surface area (Å²) in [6.07, 6.45) is 1.00. The topological polar surface area (TPSA) is 115 Å². The maximum Gasteiger partial charge on any atom is 0.201 e. The van der Waals surface area contributed by atoms with Gasteiger partial charge in [0.1, 0.15) is 17.2 Å². The number of ketones is 2. The van der Waals surface area contributed by atoms with E-state index in [-0.39, 0.29) is 40.2 Å². The zero-order valence-electron chi connectivity index (χ0n) is 13.6. The SMILES string of the molecule is CCC[C@H](O)Cc1cc(O)c2c(c1)C(=O)c1cc(O)cc(O)c1C2=O. The van der Waals surface area contributed by atoms with Gasteiger partial charge in [-0.1, -0.05) is 13.3 Å². The minimum Gasteiger partial charge on any atom is -0.508 e. The smallest absolute Gasteiger partial charge is 0.201 e. The lowest BCUT2D eigenvalue weighted by Crippen LogP contribution is -2.22. The number of carbonyl (C=O) groups is 2. The Morgan fingerprint density at radius 2 is 1.48 bits per heavy atom. The van der Waals surface area contributed by atoms with E-state index >= 15 is 0 Å². The monoisotopic (exact) mass is 342 g/mol. The van der Waals surface area contributed by atoms with Crippen molar-refractivity contribution in [1.82, 2.24) is 0 Å². The van der Waals surface area contributed by atoms with Crippen molar-refractivity contribution >= 4 is 11.6 Å². The van der Waals surface area contributed by atoms with Crippen molar-refractivity contribution in [2.45, 2.75) is 32.3 Å². The number of phenolic OH excluding ortho intramolecular Hbond substituents is 3. The van der Waals surface area contributed by atoms with E-state index in [1.165, 1.54) is 12.1 Å². The van der Waals surface area contributed by atoms with Crippen LogP contribution < -0.4 is 0 Å². The average molecular weight is 342 g/mol. The second-order valence-electron chi connectivity index (χ2n) is 6.23. The summed E-state index contributed by atoms with van der Waals surface area (Å²) < 4.78 is 0. The van der Waals surface area contributed by atoms with E-state index in [2.05, 4.69) is 0 Å². The van der Waals surface area contributed by atoms with Crippen molar-refractivity contribution in [2.24, 2.45) is 0 Å². The Labute approximate surface area is 144 Å². The highest BCUT2D eigenvalue weighted by Gasteiger charge is 2.35. The number of hydrogen-bond acceptors (Lipinski definition) is 6. The molecule has 0 heterocycles. The molecule has 3 rings (SSSR count). The Bertz CT molecular complexity index is 884. The number of benzene rings is 2. The van der Waals surface area contributed by atoms with Gasteiger partial charge in [-0.25, -0.2) is 0 Å². The molecule has 1 aliphatic carbocycles. The molecule has 0 amide bonds. The second kappa shape index (κ2) is 6.22. The van der Waals surface area contributed by atoms with Crippen LogP contribution >= 0.6 is 0 Å². The molecule has 0 unspecified atom stereocenters. The summed E-state index contributed by atoms with van der Waals surface area (Å²) in [7, 11) is 0. The predicted octanol–water partition coefficient (Wildman–Crippen LogP) is 2.28. The molecule has 4 N–H and O–H groups in total. The Morgan fingerprint density at radius 1 is 0.880 bits per heavy atom. The largest absolute Gasteiger partial charge is 0.508 e. The first kappa shape index (κ1) is 17.0. The lowest BCUT2D eigenvalue weighted by atomic mass is 9.81. The third kappa shape index (κ3) is 2.85. The maximum atomic E-state index is 12.7. The van der Waals surface area contributed by atoms with Crippen LogP contribution in [0.15, 0.2) is 24.3 Å². The van der Waals surface area contributed by atoms with E-state index < -0.39 is 23.4 Å². The van der Waals surface area contributed by atoms with Crippen LogP contribution in [0.2, 0.25) is 0 Å². The zero-order chi connectivity index (χ0) is 18.3. The fourth-order valence-electron chi connectivity index (χ4n) is 3.23. The molecule has 0 spiro atoms. The molecule has 2 aromatic carbocycles. The van der Waals surface area contributed by atoms with E-state index in [9.17, 15) is 30.0 Å². The van der Waals surface area contributed by atoms with Gasteiger partial charge in [-0.3, -0.25) is 9.59 Å². The Morgan fingerprint density at radius 3 is 2.12 bits per heavy atom. The van der Waals surface area contributed by atoms with Crippen LogP contribution in [0.5, 0.6) is 17.2 Å². The fraction of sp³-hybridized carbons (Fsp3) is 0.263. The first-order chi connectivity index (χ1) is 11.8. The van der Waals surface area contributed by atoms with E-state index in [0.29, 0.717) is 12.0 Å². The van der Waals surface area contributed by atoms with Gasteiger partial charge in [0.15, 0.2) is 5.78 Å². The van der Waals surface area contributed by atoms with Crippen LogP contribution in [0.1, 0.15) is 57.2 Å². The van der Waals surface area contributed by atoms with Gasteiger partial charge in [0, 0.05) is 17.2 Å². The molecule has 0 fully saturated rings. The van der Waals surface area contributed by atoms with Crippen molar-refractivity contribution in [3.63, 3.8) is 0 Å². The normalized spacial score (nSPS) is 14.2. The number of carbonyl (C=O) groups excluding carboxylic acids is 2. The number of aromatic hydroxyl groups is 3. The minimum atomic E-state index is -0.680. The number of aliphatic hydroxyl groups excluding tert-OH is 1. The van der Waals surface area contributed by atoms with Crippen LogP contribution in [0.3, 0.4) is 0 Å². The molecular weight excluding hydrogens is 324 g/mol. The van der Waals surface area contributed by atoms with Gasteiger partial charge < -0.3 is 20.4 Å². The molecular formula is C19H18O6. The lowest BCUT2D eigenvalue weighted by Gasteiger charge is -2.21. The van der Waals surface area contributed by atoms with Gasteiger partial charge in [0.05, 0.1) is 17.2 Å². The summed E-state index contributed by atoms with van der Waals surface area (Å²) >= 11 is 0. The predicted molar refractivity (Wildman–Crippen MR) is 89.4 cm³/mol. The van der Waals surface area contributed by atoms with E-state index in [4.69, 9.17) is 0 Å². The van der Waals surface area contributed by atoms with Gasteiger partial charge in [-0.2, -0.15) is 0 Å². The quantitative estimate of drug-likeness (QED) is 0.578. The van der Waals surface area contributed by atoms with E-state index in [0.717, 1.165) is 18.6 Å². The number of hydrogen-bond donors (Lipinski definition) is 4. The van der Waals surface area contributed by atoms with Crippen LogP contribution in [-0.4, -0.2) is 38.1 Å². The van der Waals surface area contributed by atoms with Crippen LogP contribution in [-0.2, 0) is 6.42 Å². The number of rotatable bonds is 4. The molecule has 6 nitrogen and oxygen atoms in total. The Kier molecular flexibility index (Phi) is 4.22. The molecule has 130 valence electrons. The van der Waals surface area contributed by atoms with Crippen LogP contribution in [0.4, 0.5) is 0 Å². The summed E-state index contributed by atoms with van der Waals surface area (Å²) in [4.78, 5) is 25.4. The number of phenols is 3. The summed E-state index contributed by atoms with van der Waals surface area (Å²) in [6.45, 7) is 1.94. The summed E-state index contributed by atoms with van der Waals surface area (Å²) in [6, 6.07) is 4.92. The molecule has 0 bridgehead atoms. The average Bonchev–Trinajstić information content (AvgIpc) is 2.51. The van der Waals surface area contributed by atoms with Gasteiger partial charge in [-0.15, -0.1) is 0 Å². The third-order valence-electron chi connectivity index (χ3n) is 4.32.